The Morgan fingerprint density at radius 1 is 1.31 bits per heavy atom. The molecule has 0 fully saturated rings. The fourth-order valence-corrected chi connectivity index (χ4v) is 1.84. The lowest BCUT2D eigenvalue weighted by molar-refractivity contribution is 0.794. The molecule has 0 saturated carbocycles. The lowest BCUT2D eigenvalue weighted by Crippen LogP contribution is -2.03. The summed E-state index contributed by atoms with van der Waals surface area (Å²) in [6.07, 6.45) is 2.03. The van der Waals surface area contributed by atoms with Crippen molar-refractivity contribution in [2.24, 2.45) is 12.8 Å². The van der Waals surface area contributed by atoms with Crippen molar-refractivity contribution in [3.8, 4) is 11.3 Å². The minimum absolute atomic E-state index is 0.474. The van der Waals surface area contributed by atoms with Crippen molar-refractivity contribution in [3.63, 3.8) is 0 Å². The summed E-state index contributed by atoms with van der Waals surface area (Å²) in [6.45, 7) is 4.67. The third-order valence-electron chi connectivity index (χ3n) is 2.82. The lowest BCUT2D eigenvalue weighted by atomic mass is 10.0. The Bertz CT molecular complexity index is 512. The first-order valence-electron chi connectivity index (χ1n) is 5.41. The summed E-state index contributed by atoms with van der Waals surface area (Å²) >= 11 is 0. The zero-order chi connectivity index (χ0) is 11.7. The number of nitrogens with two attached hydrogens (primary N) is 1. The summed E-state index contributed by atoms with van der Waals surface area (Å²) in [7, 11) is 1.98. The van der Waals surface area contributed by atoms with Gasteiger partial charge in [-0.25, -0.2) is 4.98 Å². The van der Waals surface area contributed by atoms with Crippen LogP contribution in [0.15, 0.2) is 24.4 Å². The van der Waals surface area contributed by atoms with Crippen LogP contribution in [0, 0.1) is 13.8 Å². The van der Waals surface area contributed by atoms with Gasteiger partial charge in [0.2, 0.25) is 0 Å². The van der Waals surface area contributed by atoms with E-state index in [1.807, 2.05) is 17.8 Å². The van der Waals surface area contributed by atoms with Crippen LogP contribution >= 0.6 is 0 Å². The van der Waals surface area contributed by atoms with E-state index in [0.717, 1.165) is 11.5 Å². The second kappa shape index (κ2) is 4.10. The van der Waals surface area contributed by atoms with E-state index in [1.165, 1.54) is 16.7 Å². The van der Waals surface area contributed by atoms with E-state index in [9.17, 15) is 0 Å². The molecule has 0 spiro atoms. The number of rotatable bonds is 2. The van der Waals surface area contributed by atoms with Gasteiger partial charge in [-0.05, 0) is 25.5 Å². The Kier molecular flexibility index (Phi) is 2.79. The first kappa shape index (κ1) is 10.9. The monoisotopic (exact) mass is 215 g/mol. The molecule has 84 valence electrons. The molecule has 0 atom stereocenters. The van der Waals surface area contributed by atoms with Crippen molar-refractivity contribution in [2.45, 2.75) is 20.4 Å². The van der Waals surface area contributed by atoms with Gasteiger partial charge in [-0.15, -0.1) is 0 Å². The highest BCUT2D eigenvalue weighted by Crippen LogP contribution is 2.23. The molecule has 1 heterocycles. The molecule has 0 aliphatic carbocycles. The number of imidazole rings is 1. The van der Waals surface area contributed by atoms with Crippen LogP contribution in [-0.2, 0) is 13.6 Å². The van der Waals surface area contributed by atoms with Crippen LogP contribution in [-0.4, -0.2) is 9.55 Å². The molecule has 16 heavy (non-hydrogen) atoms. The Labute approximate surface area is 95.9 Å². The maximum atomic E-state index is 5.63. The number of hydrogen-bond acceptors (Lipinski definition) is 2. The molecule has 0 radical (unpaired) electrons. The van der Waals surface area contributed by atoms with Gasteiger partial charge in [0.25, 0.3) is 0 Å². The zero-order valence-electron chi connectivity index (χ0n) is 9.99. The van der Waals surface area contributed by atoms with Gasteiger partial charge in [-0.3, -0.25) is 0 Å². The van der Waals surface area contributed by atoms with Crippen LogP contribution in [0.25, 0.3) is 11.3 Å². The number of aryl methyl sites for hydroxylation is 3. The van der Waals surface area contributed by atoms with E-state index in [0.29, 0.717) is 6.54 Å². The van der Waals surface area contributed by atoms with Gasteiger partial charge >= 0.3 is 0 Å². The summed E-state index contributed by atoms with van der Waals surface area (Å²) in [5.74, 6) is 0.913. The maximum Gasteiger partial charge on any atom is 0.122 e. The van der Waals surface area contributed by atoms with Crippen LogP contribution in [0.5, 0.6) is 0 Å². The molecule has 0 unspecified atom stereocenters. The molecule has 2 rings (SSSR count). The second-order valence-electron chi connectivity index (χ2n) is 4.18. The van der Waals surface area contributed by atoms with Crippen LogP contribution < -0.4 is 5.73 Å². The molecule has 1 aromatic heterocycles. The third kappa shape index (κ3) is 1.86. The molecule has 2 aromatic rings. The Balaban J connectivity index is 2.53. The zero-order valence-corrected chi connectivity index (χ0v) is 9.99. The highest BCUT2D eigenvalue weighted by molar-refractivity contribution is 5.64. The predicted octanol–water partition coefficient (Wildman–Crippen LogP) is 2.16. The molecule has 0 aliphatic rings. The van der Waals surface area contributed by atoms with Gasteiger partial charge in [0.1, 0.15) is 5.82 Å². The van der Waals surface area contributed by atoms with Crippen molar-refractivity contribution < 1.29 is 0 Å². The third-order valence-corrected chi connectivity index (χ3v) is 2.82. The molecule has 0 aliphatic heterocycles. The molecule has 3 nitrogen and oxygen atoms in total. The topological polar surface area (TPSA) is 43.8 Å². The fourth-order valence-electron chi connectivity index (χ4n) is 1.84. The molecule has 3 heteroatoms. The van der Waals surface area contributed by atoms with Crippen molar-refractivity contribution in [3.05, 3.63) is 41.3 Å². The lowest BCUT2D eigenvalue weighted by Gasteiger charge is -2.03. The summed E-state index contributed by atoms with van der Waals surface area (Å²) in [5.41, 5.74) is 10.3. The van der Waals surface area contributed by atoms with Crippen molar-refractivity contribution in [1.29, 1.82) is 0 Å². The number of aromatic nitrogens is 2. The van der Waals surface area contributed by atoms with E-state index in [2.05, 4.69) is 37.0 Å². The number of hydrogen-bond donors (Lipinski definition) is 1. The van der Waals surface area contributed by atoms with Crippen LogP contribution in [0.4, 0.5) is 0 Å². The van der Waals surface area contributed by atoms with Crippen molar-refractivity contribution in [1.82, 2.24) is 9.55 Å². The summed E-state index contributed by atoms with van der Waals surface area (Å²) in [6, 6.07) is 6.41. The van der Waals surface area contributed by atoms with E-state index in [4.69, 9.17) is 5.73 Å². The predicted molar refractivity (Wildman–Crippen MR) is 66.0 cm³/mol. The average molecular weight is 215 g/mol. The largest absolute Gasteiger partial charge is 0.336 e. The summed E-state index contributed by atoms with van der Waals surface area (Å²) in [5, 5.41) is 0. The van der Waals surface area contributed by atoms with Crippen LogP contribution in [0.2, 0.25) is 0 Å². The first-order valence-corrected chi connectivity index (χ1v) is 5.41. The fraction of sp³-hybridized carbons (Fsp3) is 0.308. The number of benzene rings is 1. The van der Waals surface area contributed by atoms with Crippen LogP contribution in [0.3, 0.4) is 0 Å². The SMILES string of the molecule is Cc1ccc(C)c(-c2cn(C)c(CN)n2)c1. The summed E-state index contributed by atoms with van der Waals surface area (Å²) < 4.78 is 1.98. The first-order chi connectivity index (χ1) is 7.61. The number of nitrogens with zero attached hydrogens (tertiary/aromatic N) is 2. The molecule has 0 amide bonds. The average Bonchev–Trinajstić information content (AvgIpc) is 2.63. The van der Waals surface area contributed by atoms with E-state index < -0.39 is 0 Å². The Morgan fingerprint density at radius 2 is 2.06 bits per heavy atom. The smallest absolute Gasteiger partial charge is 0.122 e. The molecular weight excluding hydrogens is 198 g/mol. The maximum absolute atomic E-state index is 5.63. The molecular formula is C13H17N3. The van der Waals surface area contributed by atoms with Gasteiger partial charge in [0.15, 0.2) is 0 Å². The van der Waals surface area contributed by atoms with Gasteiger partial charge in [-0.2, -0.15) is 0 Å². The molecule has 0 bridgehead atoms. The van der Waals surface area contributed by atoms with Gasteiger partial charge in [0, 0.05) is 18.8 Å². The van der Waals surface area contributed by atoms with Gasteiger partial charge in [-0.1, -0.05) is 17.7 Å². The quantitative estimate of drug-likeness (QED) is 0.834. The van der Waals surface area contributed by atoms with E-state index in [1.54, 1.807) is 0 Å². The van der Waals surface area contributed by atoms with Gasteiger partial charge < -0.3 is 10.3 Å². The van der Waals surface area contributed by atoms with Crippen molar-refractivity contribution >= 4 is 0 Å². The second-order valence-corrected chi connectivity index (χ2v) is 4.18. The van der Waals surface area contributed by atoms with E-state index in [-0.39, 0.29) is 0 Å². The standard InChI is InChI=1S/C13H17N3/c1-9-4-5-10(2)11(6-9)12-8-16(3)13(7-14)15-12/h4-6,8H,7,14H2,1-3H3. The Morgan fingerprint density at radius 3 is 2.69 bits per heavy atom. The van der Waals surface area contributed by atoms with Crippen LogP contribution in [0.1, 0.15) is 17.0 Å². The van der Waals surface area contributed by atoms with E-state index >= 15 is 0 Å². The normalized spacial score (nSPS) is 10.8. The Hall–Kier alpha value is -1.61. The molecule has 0 saturated heterocycles. The molecule has 1 aromatic carbocycles. The molecule has 2 N–H and O–H groups in total. The highest BCUT2D eigenvalue weighted by atomic mass is 15.1. The summed E-state index contributed by atoms with van der Waals surface area (Å²) in [4.78, 5) is 4.54. The van der Waals surface area contributed by atoms with Crippen molar-refractivity contribution in [2.75, 3.05) is 0 Å². The highest BCUT2D eigenvalue weighted by Gasteiger charge is 2.08. The minimum Gasteiger partial charge on any atom is -0.336 e. The van der Waals surface area contributed by atoms with Gasteiger partial charge in [0.05, 0.1) is 12.2 Å². The minimum atomic E-state index is 0.474.